The quantitative estimate of drug-likeness (QED) is 0.792. The number of nitrogens with two attached hydrogens (primary N) is 1. The zero-order chi connectivity index (χ0) is 12.5. The van der Waals surface area contributed by atoms with Crippen molar-refractivity contribution in [1.29, 1.82) is 0 Å². The van der Waals surface area contributed by atoms with Crippen LogP contribution in [0.2, 0.25) is 0 Å². The monoisotopic (exact) mass is 237 g/mol. The maximum absolute atomic E-state index is 11.7. The number of hydrogen-bond acceptors (Lipinski definition) is 4. The number of carbonyl (C=O) groups is 1. The molecular formula is C12H19N3O2. The molecule has 17 heavy (non-hydrogen) atoms. The van der Waals surface area contributed by atoms with Gasteiger partial charge in [0, 0.05) is 24.2 Å². The van der Waals surface area contributed by atoms with E-state index in [1.807, 2.05) is 13.2 Å². The van der Waals surface area contributed by atoms with E-state index in [1.165, 1.54) is 13.5 Å². The highest BCUT2D eigenvalue weighted by Crippen LogP contribution is 2.47. The lowest BCUT2D eigenvalue weighted by Gasteiger charge is -2.41. The molecule has 1 aliphatic carbocycles. The molecule has 2 rings (SSSR count). The molecule has 0 aliphatic heterocycles. The van der Waals surface area contributed by atoms with Gasteiger partial charge in [-0.3, -0.25) is 4.68 Å². The van der Waals surface area contributed by atoms with Gasteiger partial charge in [0.2, 0.25) is 0 Å². The summed E-state index contributed by atoms with van der Waals surface area (Å²) in [6, 6.07) is 0. The van der Waals surface area contributed by atoms with Crippen LogP contribution in [-0.2, 0) is 17.2 Å². The van der Waals surface area contributed by atoms with Gasteiger partial charge in [0.05, 0.1) is 7.11 Å². The molecule has 5 heteroatoms. The first kappa shape index (κ1) is 12.1. The molecule has 0 bridgehead atoms. The van der Waals surface area contributed by atoms with Crippen LogP contribution < -0.4 is 5.73 Å². The van der Waals surface area contributed by atoms with Crippen LogP contribution in [0.3, 0.4) is 0 Å². The second-order valence-corrected chi connectivity index (χ2v) is 4.73. The van der Waals surface area contributed by atoms with E-state index < -0.39 is 0 Å². The van der Waals surface area contributed by atoms with Crippen molar-refractivity contribution in [2.24, 2.45) is 12.8 Å². The van der Waals surface area contributed by atoms with Crippen molar-refractivity contribution in [3.8, 4) is 0 Å². The minimum atomic E-state index is -0.358. The fourth-order valence-electron chi connectivity index (χ4n) is 2.66. The van der Waals surface area contributed by atoms with E-state index >= 15 is 0 Å². The Kier molecular flexibility index (Phi) is 3.19. The third-order valence-electron chi connectivity index (χ3n) is 3.71. The number of esters is 1. The number of carbonyl (C=O) groups excluding carboxylic acids is 1. The van der Waals surface area contributed by atoms with Gasteiger partial charge < -0.3 is 10.5 Å². The van der Waals surface area contributed by atoms with Gasteiger partial charge in [0.25, 0.3) is 0 Å². The van der Waals surface area contributed by atoms with E-state index in [9.17, 15) is 4.79 Å². The van der Waals surface area contributed by atoms with Crippen LogP contribution in [0.15, 0.2) is 6.20 Å². The number of aryl methyl sites for hydroxylation is 1. The fraction of sp³-hybridized carbons (Fsp3) is 0.667. The molecule has 1 aromatic heterocycles. The second kappa shape index (κ2) is 4.49. The van der Waals surface area contributed by atoms with Crippen LogP contribution in [0.1, 0.15) is 41.7 Å². The second-order valence-electron chi connectivity index (χ2n) is 4.73. The molecule has 0 amide bonds. The van der Waals surface area contributed by atoms with Crippen LogP contribution in [0, 0.1) is 0 Å². The number of methoxy groups -OCH3 is 1. The van der Waals surface area contributed by atoms with Gasteiger partial charge in [-0.05, 0) is 25.8 Å². The predicted molar refractivity (Wildman–Crippen MR) is 63.7 cm³/mol. The zero-order valence-corrected chi connectivity index (χ0v) is 10.4. The highest BCUT2D eigenvalue weighted by molar-refractivity contribution is 5.89. The summed E-state index contributed by atoms with van der Waals surface area (Å²) < 4.78 is 6.46. The van der Waals surface area contributed by atoms with Crippen molar-refractivity contribution >= 4 is 5.97 Å². The Hall–Kier alpha value is -1.36. The van der Waals surface area contributed by atoms with E-state index in [0.717, 1.165) is 24.8 Å². The molecule has 94 valence electrons. The lowest BCUT2D eigenvalue weighted by atomic mass is 9.62. The summed E-state index contributed by atoms with van der Waals surface area (Å²) in [5.41, 5.74) is 7.18. The Balaban J connectivity index is 2.39. The first-order valence-electron chi connectivity index (χ1n) is 5.95. The maximum atomic E-state index is 11.7. The van der Waals surface area contributed by atoms with E-state index in [2.05, 4.69) is 5.10 Å². The average Bonchev–Trinajstić information content (AvgIpc) is 2.65. The first-order valence-corrected chi connectivity index (χ1v) is 5.95. The van der Waals surface area contributed by atoms with E-state index in [1.54, 1.807) is 4.68 Å². The third kappa shape index (κ3) is 1.95. The minimum absolute atomic E-state index is 0.0481. The lowest BCUT2D eigenvalue weighted by Crippen LogP contribution is -2.37. The summed E-state index contributed by atoms with van der Waals surface area (Å²) in [5, 5.41) is 4.21. The van der Waals surface area contributed by atoms with Gasteiger partial charge in [-0.2, -0.15) is 5.10 Å². The number of nitrogens with zero attached hydrogens (tertiary/aromatic N) is 2. The van der Waals surface area contributed by atoms with Crippen LogP contribution in [0.25, 0.3) is 0 Å². The van der Waals surface area contributed by atoms with Gasteiger partial charge in [-0.15, -0.1) is 0 Å². The van der Waals surface area contributed by atoms with Gasteiger partial charge in [-0.25, -0.2) is 4.79 Å². The Morgan fingerprint density at radius 1 is 1.65 bits per heavy atom. The number of ether oxygens (including phenoxy) is 1. The van der Waals surface area contributed by atoms with Crippen molar-refractivity contribution in [2.75, 3.05) is 13.7 Å². The largest absolute Gasteiger partial charge is 0.464 e. The summed E-state index contributed by atoms with van der Waals surface area (Å²) in [4.78, 5) is 11.7. The Bertz CT molecular complexity index is 421. The van der Waals surface area contributed by atoms with Crippen LogP contribution in [0.5, 0.6) is 0 Å². The third-order valence-corrected chi connectivity index (χ3v) is 3.71. The van der Waals surface area contributed by atoms with Gasteiger partial charge in [0.1, 0.15) is 0 Å². The summed E-state index contributed by atoms with van der Waals surface area (Å²) in [5.74, 6) is -0.358. The van der Waals surface area contributed by atoms with E-state index in [4.69, 9.17) is 10.5 Å². The van der Waals surface area contributed by atoms with E-state index in [-0.39, 0.29) is 11.4 Å². The van der Waals surface area contributed by atoms with Crippen molar-refractivity contribution in [1.82, 2.24) is 9.78 Å². The predicted octanol–water partition coefficient (Wildman–Crippen LogP) is 0.977. The molecule has 1 aromatic rings. The SMILES string of the molecule is COC(=O)c1nn(C)cc1C1(CCN)CCC1. The smallest absolute Gasteiger partial charge is 0.358 e. The molecular weight excluding hydrogens is 218 g/mol. The molecule has 0 aromatic carbocycles. The topological polar surface area (TPSA) is 70.1 Å². The molecule has 1 aliphatic rings. The van der Waals surface area contributed by atoms with Crippen LogP contribution in [-0.4, -0.2) is 29.4 Å². The molecule has 2 N–H and O–H groups in total. The zero-order valence-electron chi connectivity index (χ0n) is 10.4. The number of hydrogen-bond donors (Lipinski definition) is 1. The molecule has 5 nitrogen and oxygen atoms in total. The van der Waals surface area contributed by atoms with Gasteiger partial charge in [-0.1, -0.05) is 6.42 Å². The Morgan fingerprint density at radius 3 is 2.82 bits per heavy atom. The van der Waals surface area contributed by atoms with Crippen molar-refractivity contribution in [3.63, 3.8) is 0 Å². The number of aromatic nitrogens is 2. The molecule has 0 spiro atoms. The standard InChI is InChI=1S/C12H19N3O2/c1-15-8-9(10(14-15)11(16)17-2)12(6-7-13)4-3-5-12/h8H,3-7,13H2,1-2H3. The Labute approximate surface area is 101 Å². The average molecular weight is 237 g/mol. The molecule has 0 unspecified atom stereocenters. The highest BCUT2D eigenvalue weighted by Gasteiger charge is 2.42. The summed E-state index contributed by atoms with van der Waals surface area (Å²) in [7, 11) is 3.21. The molecule has 1 fully saturated rings. The van der Waals surface area contributed by atoms with Crippen molar-refractivity contribution < 1.29 is 9.53 Å². The van der Waals surface area contributed by atoms with Crippen molar-refractivity contribution in [3.05, 3.63) is 17.5 Å². The van der Waals surface area contributed by atoms with Gasteiger partial charge in [0.15, 0.2) is 5.69 Å². The summed E-state index contributed by atoms with van der Waals surface area (Å²) >= 11 is 0. The van der Waals surface area contributed by atoms with Crippen molar-refractivity contribution in [2.45, 2.75) is 31.1 Å². The number of rotatable bonds is 4. The normalized spacial score (nSPS) is 17.6. The van der Waals surface area contributed by atoms with Crippen LogP contribution in [0.4, 0.5) is 0 Å². The summed E-state index contributed by atoms with van der Waals surface area (Å²) in [6.45, 7) is 0.634. The molecule has 1 heterocycles. The molecule has 0 radical (unpaired) electrons. The van der Waals surface area contributed by atoms with Crippen LogP contribution >= 0.6 is 0 Å². The molecule has 1 saturated carbocycles. The first-order chi connectivity index (χ1) is 8.13. The Morgan fingerprint density at radius 2 is 2.35 bits per heavy atom. The van der Waals surface area contributed by atoms with Gasteiger partial charge >= 0.3 is 5.97 Å². The lowest BCUT2D eigenvalue weighted by molar-refractivity contribution is 0.0587. The van der Waals surface area contributed by atoms with E-state index in [0.29, 0.717) is 12.2 Å². The summed E-state index contributed by atoms with van der Waals surface area (Å²) in [6.07, 6.45) is 6.19. The maximum Gasteiger partial charge on any atom is 0.358 e. The minimum Gasteiger partial charge on any atom is -0.464 e. The molecule has 0 atom stereocenters. The highest BCUT2D eigenvalue weighted by atomic mass is 16.5. The molecule has 0 saturated heterocycles. The fourth-order valence-corrected chi connectivity index (χ4v) is 2.66.